The maximum absolute atomic E-state index is 11.6. The zero-order valence-electron chi connectivity index (χ0n) is 8.52. The number of hydrogen-bond acceptors (Lipinski definition) is 4. The summed E-state index contributed by atoms with van der Waals surface area (Å²) in [5, 5.41) is 13.5. The monoisotopic (exact) mass is 209 g/mol. The number of hydrogen-bond donors (Lipinski definition) is 2. The molecule has 6 nitrogen and oxygen atoms in total. The standard InChI is InChI=1S/C9H15N5O/c15-9(8-2-1-3-10-8)11-4-6-14-7-5-12-13-14/h5,7-8,10H,1-4,6H2,(H,11,15)/t8-/m1/s1. The summed E-state index contributed by atoms with van der Waals surface area (Å²) >= 11 is 0. The second-order valence-electron chi connectivity index (χ2n) is 3.61. The van der Waals surface area contributed by atoms with E-state index < -0.39 is 0 Å². The third-order valence-corrected chi connectivity index (χ3v) is 2.49. The van der Waals surface area contributed by atoms with Gasteiger partial charge in [-0.1, -0.05) is 5.21 Å². The highest BCUT2D eigenvalue weighted by Crippen LogP contribution is 2.03. The Morgan fingerprint density at radius 1 is 1.67 bits per heavy atom. The van der Waals surface area contributed by atoms with Gasteiger partial charge in [0.2, 0.25) is 5.91 Å². The molecule has 0 aromatic carbocycles. The van der Waals surface area contributed by atoms with Crippen LogP contribution in [0, 0.1) is 0 Å². The van der Waals surface area contributed by atoms with Gasteiger partial charge in [-0.2, -0.15) is 0 Å². The molecule has 0 radical (unpaired) electrons. The normalized spacial score (nSPS) is 20.4. The van der Waals surface area contributed by atoms with E-state index in [-0.39, 0.29) is 11.9 Å². The lowest BCUT2D eigenvalue weighted by atomic mass is 10.2. The van der Waals surface area contributed by atoms with Gasteiger partial charge < -0.3 is 10.6 Å². The van der Waals surface area contributed by atoms with E-state index in [1.165, 1.54) is 0 Å². The third-order valence-electron chi connectivity index (χ3n) is 2.49. The van der Waals surface area contributed by atoms with Gasteiger partial charge in [0.05, 0.1) is 18.8 Å². The van der Waals surface area contributed by atoms with Gasteiger partial charge in [0.1, 0.15) is 0 Å². The van der Waals surface area contributed by atoms with Crippen LogP contribution in [0.1, 0.15) is 12.8 Å². The van der Waals surface area contributed by atoms with Crippen molar-refractivity contribution in [1.82, 2.24) is 25.6 Å². The lowest BCUT2D eigenvalue weighted by Gasteiger charge is -2.10. The van der Waals surface area contributed by atoms with Gasteiger partial charge in [0, 0.05) is 12.7 Å². The van der Waals surface area contributed by atoms with Crippen molar-refractivity contribution in [1.29, 1.82) is 0 Å². The van der Waals surface area contributed by atoms with Crippen LogP contribution in [0.2, 0.25) is 0 Å². The molecule has 15 heavy (non-hydrogen) atoms. The summed E-state index contributed by atoms with van der Waals surface area (Å²) in [5.41, 5.74) is 0. The van der Waals surface area contributed by atoms with Gasteiger partial charge in [-0.3, -0.25) is 9.48 Å². The number of rotatable bonds is 4. The zero-order chi connectivity index (χ0) is 10.5. The lowest BCUT2D eigenvalue weighted by molar-refractivity contribution is -0.122. The predicted octanol–water partition coefficient (Wildman–Crippen LogP) is -0.854. The summed E-state index contributed by atoms with van der Waals surface area (Å²) in [7, 11) is 0. The summed E-state index contributed by atoms with van der Waals surface area (Å²) < 4.78 is 1.70. The molecule has 0 unspecified atom stereocenters. The molecule has 1 saturated heterocycles. The van der Waals surface area contributed by atoms with E-state index >= 15 is 0 Å². The van der Waals surface area contributed by atoms with Gasteiger partial charge in [-0.15, -0.1) is 5.10 Å². The Kier molecular flexibility index (Phi) is 3.29. The first kappa shape index (κ1) is 10.1. The molecule has 2 N–H and O–H groups in total. The van der Waals surface area contributed by atoms with Crippen molar-refractivity contribution in [2.75, 3.05) is 13.1 Å². The molecule has 2 rings (SSSR count). The van der Waals surface area contributed by atoms with E-state index in [0.29, 0.717) is 13.1 Å². The van der Waals surface area contributed by atoms with E-state index in [1.807, 2.05) is 0 Å². The predicted molar refractivity (Wildman–Crippen MR) is 54.1 cm³/mol. The van der Waals surface area contributed by atoms with Crippen LogP contribution in [0.15, 0.2) is 12.4 Å². The van der Waals surface area contributed by atoms with Crippen LogP contribution >= 0.6 is 0 Å². The Labute approximate surface area is 88.0 Å². The zero-order valence-corrected chi connectivity index (χ0v) is 8.52. The van der Waals surface area contributed by atoms with Gasteiger partial charge in [0.25, 0.3) is 0 Å². The minimum absolute atomic E-state index is 0.000691. The molecule has 6 heteroatoms. The summed E-state index contributed by atoms with van der Waals surface area (Å²) in [5.74, 6) is 0.0904. The maximum Gasteiger partial charge on any atom is 0.237 e. The van der Waals surface area contributed by atoms with Gasteiger partial charge >= 0.3 is 0 Å². The smallest absolute Gasteiger partial charge is 0.237 e. The highest BCUT2D eigenvalue weighted by Gasteiger charge is 2.21. The molecule has 1 amide bonds. The average Bonchev–Trinajstić information content (AvgIpc) is 2.90. The van der Waals surface area contributed by atoms with Crippen molar-refractivity contribution in [2.45, 2.75) is 25.4 Å². The molecule has 1 aliphatic rings. The number of amides is 1. The molecule has 1 aliphatic heterocycles. The van der Waals surface area contributed by atoms with E-state index in [9.17, 15) is 4.79 Å². The quantitative estimate of drug-likeness (QED) is 0.677. The van der Waals surface area contributed by atoms with Crippen molar-refractivity contribution in [3.05, 3.63) is 12.4 Å². The molecule has 0 spiro atoms. The second kappa shape index (κ2) is 4.88. The Bertz CT molecular complexity index is 304. The molecule has 1 fully saturated rings. The average molecular weight is 209 g/mol. The van der Waals surface area contributed by atoms with Gasteiger partial charge in [0.15, 0.2) is 0 Å². The minimum atomic E-state index is 0.000691. The lowest BCUT2D eigenvalue weighted by Crippen LogP contribution is -2.41. The Balaban J connectivity index is 1.67. The van der Waals surface area contributed by atoms with Gasteiger partial charge in [-0.05, 0) is 19.4 Å². The van der Waals surface area contributed by atoms with Crippen molar-refractivity contribution in [2.24, 2.45) is 0 Å². The number of carbonyl (C=O) groups is 1. The first-order valence-electron chi connectivity index (χ1n) is 5.21. The van der Waals surface area contributed by atoms with Crippen LogP contribution < -0.4 is 10.6 Å². The van der Waals surface area contributed by atoms with Crippen LogP contribution in [0.3, 0.4) is 0 Å². The molecule has 0 aliphatic carbocycles. The Morgan fingerprint density at radius 2 is 2.60 bits per heavy atom. The van der Waals surface area contributed by atoms with Crippen molar-refractivity contribution in [3.8, 4) is 0 Å². The van der Waals surface area contributed by atoms with Crippen molar-refractivity contribution >= 4 is 5.91 Å². The maximum atomic E-state index is 11.6. The fourth-order valence-electron chi connectivity index (χ4n) is 1.68. The molecule has 0 saturated carbocycles. The van der Waals surface area contributed by atoms with Crippen LogP contribution in [-0.4, -0.2) is 40.0 Å². The first-order valence-corrected chi connectivity index (χ1v) is 5.21. The fourth-order valence-corrected chi connectivity index (χ4v) is 1.68. The fraction of sp³-hybridized carbons (Fsp3) is 0.667. The topological polar surface area (TPSA) is 71.8 Å². The van der Waals surface area contributed by atoms with E-state index in [0.717, 1.165) is 19.4 Å². The molecule has 1 aromatic heterocycles. The summed E-state index contributed by atoms with van der Waals surface area (Å²) in [4.78, 5) is 11.6. The Morgan fingerprint density at radius 3 is 3.27 bits per heavy atom. The summed E-state index contributed by atoms with van der Waals surface area (Å²) in [6, 6.07) is 0.000691. The third kappa shape index (κ3) is 2.76. The van der Waals surface area contributed by atoms with Crippen LogP contribution in [0.5, 0.6) is 0 Å². The molecule has 0 bridgehead atoms. The molecule has 2 heterocycles. The summed E-state index contributed by atoms with van der Waals surface area (Å²) in [6.07, 6.45) is 5.43. The van der Waals surface area contributed by atoms with E-state index in [2.05, 4.69) is 20.9 Å². The summed E-state index contributed by atoms with van der Waals surface area (Å²) in [6.45, 7) is 2.21. The van der Waals surface area contributed by atoms with Crippen LogP contribution in [-0.2, 0) is 11.3 Å². The minimum Gasteiger partial charge on any atom is -0.353 e. The highest BCUT2D eigenvalue weighted by atomic mass is 16.2. The first-order chi connectivity index (χ1) is 7.36. The SMILES string of the molecule is O=C(NCCn1ccnn1)[C@H]1CCCN1. The van der Waals surface area contributed by atoms with Gasteiger partial charge in [-0.25, -0.2) is 0 Å². The molecule has 1 aromatic rings. The van der Waals surface area contributed by atoms with E-state index in [4.69, 9.17) is 0 Å². The molecule has 1 atom stereocenters. The largest absolute Gasteiger partial charge is 0.353 e. The number of nitrogens with zero attached hydrogens (tertiary/aromatic N) is 3. The highest BCUT2D eigenvalue weighted by molar-refractivity contribution is 5.81. The molecular weight excluding hydrogens is 194 g/mol. The molecular formula is C9H15N5O. The number of nitrogens with one attached hydrogen (secondary N) is 2. The van der Waals surface area contributed by atoms with Crippen LogP contribution in [0.25, 0.3) is 0 Å². The van der Waals surface area contributed by atoms with Crippen LogP contribution in [0.4, 0.5) is 0 Å². The van der Waals surface area contributed by atoms with Crippen molar-refractivity contribution in [3.63, 3.8) is 0 Å². The molecule has 82 valence electrons. The number of aromatic nitrogens is 3. The van der Waals surface area contributed by atoms with E-state index in [1.54, 1.807) is 17.1 Å². The van der Waals surface area contributed by atoms with Crippen molar-refractivity contribution < 1.29 is 4.79 Å². The second-order valence-corrected chi connectivity index (χ2v) is 3.61. The number of carbonyl (C=O) groups excluding carboxylic acids is 1. The Hall–Kier alpha value is -1.43.